The second-order valence-corrected chi connectivity index (χ2v) is 5.26. The second kappa shape index (κ2) is 4.39. The number of hydrogen-bond donors (Lipinski definition) is 0. The molecule has 1 nitrogen and oxygen atoms in total. The fraction of sp³-hybridized carbons (Fsp3) is 0. The van der Waals surface area contributed by atoms with E-state index in [9.17, 15) is 0 Å². The van der Waals surface area contributed by atoms with Crippen molar-refractivity contribution in [2.24, 2.45) is 0 Å². The van der Waals surface area contributed by atoms with Gasteiger partial charge >= 0.3 is 0 Å². The topological polar surface area (TPSA) is 13.1 Å². The van der Waals surface area contributed by atoms with Crippen LogP contribution in [-0.4, -0.2) is 0 Å². The molecule has 0 radical (unpaired) electrons. The molecule has 0 saturated heterocycles. The first-order chi connectivity index (χ1) is 9.81. The van der Waals surface area contributed by atoms with E-state index in [0.29, 0.717) is 5.02 Å². The third kappa shape index (κ3) is 1.79. The summed E-state index contributed by atoms with van der Waals surface area (Å²) in [7, 11) is 0. The highest BCUT2D eigenvalue weighted by molar-refractivity contribution is 6.31. The maximum absolute atomic E-state index is 6.01. The molecule has 4 aromatic rings. The van der Waals surface area contributed by atoms with E-state index in [2.05, 4.69) is 24.3 Å². The van der Waals surface area contributed by atoms with Crippen LogP contribution in [0.1, 0.15) is 0 Å². The van der Waals surface area contributed by atoms with Crippen molar-refractivity contribution in [2.45, 2.75) is 0 Å². The fourth-order valence-electron chi connectivity index (χ4n) is 2.56. The molecule has 0 N–H and O–H groups in total. The van der Waals surface area contributed by atoms with Crippen molar-refractivity contribution in [1.82, 2.24) is 0 Å². The summed E-state index contributed by atoms with van der Waals surface area (Å²) >= 11 is 6.01. The molecule has 0 aliphatic rings. The molecule has 0 atom stereocenters. The lowest BCUT2D eigenvalue weighted by Gasteiger charge is -2.01. The Hall–Kier alpha value is -2.25. The molecule has 0 fully saturated rings. The number of hydrogen-bond acceptors (Lipinski definition) is 1. The van der Waals surface area contributed by atoms with Gasteiger partial charge in [-0.15, -0.1) is 0 Å². The van der Waals surface area contributed by atoms with Gasteiger partial charge in [0.1, 0.15) is 11.2 Å². The Labute approximate surface area is 121 Å². The summed E-state index contributed by atoms with van der Waals surface area (Å²) in [5.74, 6) is 0. The van der Waals surface area contributed by atoms with Crippen molar-refractivity contribution in [3.8, 4) is 11.1 Å². The van der Waals surface area contributed by atoms with E-state index < -0.39 is 0 Å². The van der Waals surface area contributed by atoms with E-state index in [1.54, 1.807) is 0 Å². The molecule has 0 saturated carbocycles. The Bertz CT molecular complexity index is 907. The second-order valence-electron chi connectivity index (χ2n) is 4.82. The molecule has 0 amide bonds. The Balaban J connectivity index is 2.01. The summed E-state index contributed by atoms with van der Waals surface area (Å²) in [5.41, 5.74) is 4.12. The summed E-state index contributed by atoms with van der Waals surface area (Å²) in [4.78, 5) is 0. The van der Waals surface area contributed by atoms with Crippen LogP contribution in [0.25, 0.3) is 33.1 Å². The number of benzene rings is 3. The highest BCUT2D eigenvalue weighted by atomic mass is 35.5. The zero-order valence-electron chi connectivity index (χ0n) is 10.6. The van der Waals surface area contributed by atoms with E-state index in [4.69, 9.17) is 16.0 Å². The van der Waals surface area contributed by atoms with Gasteiger partial charge in [0, 0.05) is 21.9 Å². The lowest BCUT2D eigenvalue weighted by molar-refractivity contribution is 0.669. The zero-order valence-corrected chi connectivity index (χ0v) is 11.4. The van der Waals surface area contributed by atoms with Gasteiger partial charge in [0.05, 0.1) is 0 Å². The maximum Gasteiger partial charge on any atom is 0.136 e. The zero-order chi connectivity index (χ0) is 13.5. The van der Waals surface area contributed by atoms with Crippen molar-refractivity contribution >= 4 is 33.5 Å². The highest BCUT2D eigenvalue weighted by Gasteiger charge is 2.08. The first kappa shape index (κ1) is 11.6. The van der Waals surface area contributed by atoms with Crippen LogP contribution in [0.2, 0.25) is 5.02 Å². The molecular weight excluding hydrogens is 268 g/mol. The minimum atomic E-state index is 0.694. The summed E-state index contributed by atoms with van der Waals surface area (Å²) in [6.45, 7) is 0. The maximum atomic E-state index is 6.01. The molecule has 4 rings (SSSR count). The van der Waals surface area contributed by atoms with Crippen LogP contribution in [0.15, 0.2) is 71.1 Å². The lowest BCUT2D eigenvalue weighted by atomic mass is 10.0. The smallest absolute Gasteiger partial charge is 0.136 e. The molecule has 0 aliphatic carbocycles. The van der Waals surface area contributed by atoms with Crippen molar-refractivity contribution in [1.29, 1.82) is 0 Å². The minimum Gasteiger partial charge on any atom is -0.456 e. The van der Waals surface area contributed by atoms with E-state index in [0.717, 1.165) is 21.9 Å². The Morgan fingerprint density at radius 1 is 0.650 bits per heavy atom. The first-order valence-corrected chi connectivity index (χ1v) is 6.86. The third-order valence-electron chi connectivity index (χ3n) is 3.54. The molecule has 1 heterocycles. The normalized spacial score (nSPS) is 11.2. The lowest BCUT2D eigenvalue weighted by Crippen LogP contribution is -1.76. The van der Waals surface area contributed by atoms with Gasteiger partial charge < -0.3 is 4.42 Å². The van der Waals surface area contributed by atoms with Crippen molar-refractivity contribution in [3.63, 3.8) is 0 Å². The van der Waals surface area contributed by atoms with Gasteiger partial charge in [-0.05, 0) is 35.4 Å². The van der Waals surface area contributed by atoms with Crippen molar-refractivity contribution in [3.05, 3.63) is 71.8 Å². The molecule has 0 bridgehead atoms. The van der Waals surface area contributed by atoms with E-state index in [1.807, 2.05) is 42.5 Å². The summed E-state index contributed by atoms with van der Waals surface area (Å²) in [6.07, 6.45) is 0. The average Bonchev–Trinajstić information content (AvgIpc) is 2.84. The van der Waals surface area contributed by atoms with Crippen LogP contribution in [0.3, 0.4) is 0 Å². The Kier molecular flexibility index (Phi) is 2.54. The van der Waals surface area contributed by atoms with E-state index in [-0.39, 0.29) is 0 Å². The van der Waals surface area contributed by atoms with Gasteiger partial charge in [-0.1, -0.05) is 48.0 Å². The summed E-state index contributed by atoms with van der Waals surface area (Å²) in [6, 6.07) is 22.4. The average molecular weight is 279 g/mol. The molecule has 20 heavy (non-hydrogen) atoms. The van der Waals surface area contributed by atoms with E-state index >= 15 is 0 Å². The largest absolute Gasteiger partial charge is 0.456 e. The quantitative estimate of drug-likeness (QED) is 0.422. The summed E-state index contributed by atoms with van der Waals surface area (Å²) < 4.78 is 5.84. The molecular formula is C18H11ClO. The van der Waals surface area contributed by atoms with Crippen LogP contribution in [0, 0.1) is 0 Å². The van der Waals surface area contributed by atoms with Gasteiger partial charge in [-0.2, -0.15) is 0 Å². The van der Waals surface area contributed by atoms with Crippen LogP contribution in [0.5, 0.6) is 0 Å². The predicted octanol–water partition coefficient (Wildman–Crippen LogP) is 5.91. The number of halogens is 1. The van der Waals surface area contributed by atoms with E-state index in [1.165, 1.54) is 11.1 Å². The van der Waals surface area contributed by atoms with Gasteiger partial charge in [0.25, 0.3) is 0 Å². The predicted molar refractivity (Wildman–Crippen MR) is 84.2 cm³/mol. The van der Waals surface area contributed by atoms with Crippen molar-refractivity contribution in [2.75, 3.05) is 0 Å². The van der Waals surface area contributed by atoms with Crippen LogP contribution in [-0.2, 0) is 0 Å². The standard InChI is InChI=1S/C18H11ClO/c19-14-7-8-15-16-10-13(12-4-2-1-3-5-12)6-9-17(16)20-18(15)11-14/h1-11H. The molecule has 0 spiro atoms. The fourth-order valence-corrected chi connectivity index (χ4v) is 2.72. The number of furan rings is 1. The number of fused-ring (bicyclic) bond motifs is 3. The summed E-state index contributed by atoms with van der Waals surface area (Å²) in [5, 5.41) is 2.92. The molecule has 3 aromatic carbocycles. The Morgan fingerprint density at radius 3 is 2.35 bits per heavy atom. The van der Waals surface area contributed by atoms with Crippen LogP contribution < -0.4 is 0 Å². The van der Waals surface area contributed by atoms with Gasteiger partial charge in [0.15, 0.2) is 0 Å². The van der Waals surface area contributed by atoms with Gasteiger partial charge in [0.2, 0.25) is 0 Å². The SMILES string of the molecule is Clc1ccc2c(c1)oc1ccc(-c3ccccc3)cc12. The Morgan fingerprint density at radius 2 is 1.50 bits per heavy atom. The molecule has 0 aliphatic heterocycles. The third-order valence-corrected chi connectivity index (χ3v) is 3.78. The van der Waals surface area contributed by atoms with Gasteiger partial charge in [-0.3, -0.25) is 0 Å². The molecule has 96 valence electrons. The first-order valence-electron chi connectivity index (χ1n) is 6.48. The minimum absolute atomic E-state index is 0.694. The monoisotopic (exact) mass is 278 g/mol. The van der Waals surface area contributed by atoms with Crippen LogP contribution >= 0.6 is 11.6 Å². The van der Waals surface area contributed by atoms with Crippen LogP contribution in [0.4, 0.5) is 0 Å². The number of rotatable bonds is 1. The highest BCUT2D eigenvalue weighted by Crippen LogP contribution is 2.33. The molecule has 2 heteroatoms. The van der Waals surface area contributed by atoms with Gasteiger partial charge in [-0.25, -0.2) is 0 Å². The molecule has 1 aromatic heterocycles. The molecule has 0 unspecified atom stereocenters. The van der Waals surface area contributed by atoms with Crippen molar-refractivity contribution < 1.29 is 4.42 Å².